The number of carbonyl (C=O) groups excluding carboxylic acids is 1. The molecule has 1 aromatic heterocycles. The molecule has 3 aromatic rings. The van der Waals surface area contributed by atoms with Crippen LogP contribution in [0.15, 0.2) is 35.5 Å². The van der Waals surface area contributed by atoms with Crippen LogP contribution in [0.25, 0.3) is 5.69 Å². The first-order valence-electron chi connectivity index (χ1n) is 8.10. The molecule has 1 heterocycles. The van der Waals surface area contributed by atoms with Gasteiger partial charge in [-0.3, -0.25) is 4.79 Å². The molecular weight excluding hydrogens is 405 g/mol. The zero-order valence-corrected chi connectivity index (χ0v) is 17.3. The van der Waals surface area contributed by atoms with Crippen LogP contribution in [0.4, 0.5) is 5.69 Å². The van der Waals surface area contributed by atoms with E-state index in [0.29, 0.717) is 20.9 Å². The molecule has 27 heavy (non-hydrogen) atoms. The molecule has 6 nitrogen and oxygen atoms in total. The lowest BCUT2D eigenvalue weighted by molar-refractivity contribution is -0.113. The first-order valence-corrected chi connectivity index (χ1v) is 9.84. The van der Waals surface area contributed by atoms with Crippen LogP contribution >= 0.6 is 35.0 Å². The van der Waals surface area contributed by atoms with Crippen LogP contribution in [0.3, 0.4) is 0 Å². The number of thioether (sulfide) groups is 1. The predicted octanol–water partition coefficient (Wildman–Crippen LogP) is 4.63. The van der Waals surface area contributed by atoms with Gasteiger partial charge in [-0.2, -0.15) is 4.68 Å². The van der Waals surface area contributed by atoms with Crippen LogP contribution in [0.1, 0.15) is 16.7 Å². The molecule has 140 valence electrons. The number of nitrogens with zero attached hydrogens (tertiary/aromatic N) is 4. The number of amides is 1. The van der Waals surface area contributed by atoms with Crippen LogP contribution in [-0.2, 0) is 4.79 Å². The van der Waals surface area contributed by atoms with Crippen LogP contribution < -0.4 is 5.32 Å². The summed E-state index contributed by atoms with van der Waals surface area (Å²) in [5.41, 5.74) is 4.33. The van der Waals surface area contributed by atoms with E-state index in [1.165, 1.54) is 11.8 Å². The van der Waals surface area contributed by atoms with Gasteiger partial charge in [0.2, 0.25) is 11.1 Å². The molecule has 0 atom stereocenters. The van der Waals surface area contributed by atoms with Gasteiger partial charge in [0.25, 0.3) is 0 Å². The molecule has 1 amide bonds. The molecule has 0 radical (unpaired) electrons. The summed E-state index contributed by atoms with van der Waals surface area (Å²) in [7, 11) is 0. The van der Waals surface area contributed by atoms with Gasteiger partial charge in [0.05, 0.1) is 27.2 Å². The van der Waals surface area contributed by atoms with Gasteiger partial charge in [-0.1, -0.05) is 58.7 Å². The SMILES string of the molecule is Cc1ccc(-n2nnnc2SCC(=O)Nc2c(Cl)ccc(C)c2Cl)c(C)c1. The van der Waals surface area contributed by atoms with Crippen LogP contribution in [0, 0.1) is 20.8 Å². The third-order valence-corrected chi connectivity index (χ3v) is 5.62. The lowest BCUT2D eigenvalue weighted by Crippen LogP contribution is -2.15. The van der Waals surface area contributed by atoms with Gasteiger partial charge in [0.15, 0.2) is 0 Å². The molecular formula is C18H17Cl2N5OS. The number of tetrazole rings is 1. The van der Waals surface area contributed by atoms with Crippen LogP contribution in [0.5, 0.6) is 0 Å². The molecule has 3 rings (SSSR count). The minimum absolute atomic E-state index is 0.117. The number of hydrogen-bond acceptors (Lipinski definition) is 5. The topological polar surface area (TPSA) is 72.7 Å². The van der Waals surface area contributed by atoms with E-state index in [1.54, 1.807) is 16.8 Å². The first kappa shape index (κ1) is 19.7. The molecule has 0 saturated heterocycles. The third-order valence-electron chi connectivity index (χ3n) is 3.90. The van der Waals surface area contributed by atoms with Crippen molar-refractivity contribution < 1.29 is 4.79 Å². The Kier molecular flexibility index (Phi) is 6.04. The highest BCUT2D eigenvalue weighted by molar-refractivity contribution is 7.99. The van der Waals surface area contributed by atoms with E-state index in [4.69, 9.17) is 23.2 Å². The Morgan fingerprint density at radius 3 is 2.67 bits per heavy atom. The van der Waals surface area contributed by atoms with E-state index in [9.17, 15) is 4.79 Å². The van der Waals surface area contributed by atoms with Crippen LogP contribution in [0.2, 0.25) is 10.0 Å². The number of anilines is 1. The molecule has 0 aliphatic heterocycles. The minimum Gasteiger partial charge on any atom is -0.323 e. The largest absolute Gasteiger partial charge is 0.323 e. The van der Waals surface area contributed by atoms with Gasteiger partial charge in [-0.05, 0) is 54.5 Å². The summed E-state index contributed by atoms with van der Waals surface area (Å²) < 4.78 is 1.62. The molecule has 0 saturated carbocycles. The number of benzene rings is 2. The van der Waals surface area contributed by atoms with E-state index in [1.807, 2.05) is 32.9 Å². The van der Waals surface area contributed by atoms with Gasteiger partial charge >= 0.3 is 0 Å². The van der Waals surface area contributed by atoms with Crippen molar-refractivity contribution >= 4 is 46.6 Å². The summed E-state index contributed by atoms with van der Waals surface area (Å²) in [6.45, 7) is 5.87. The number of rotatable bonds is 5. The third kappa shape index (κ3) is 4.43. The average molecular weight is 422 g/mol. The summed E-state index contributed by atoms with van der Waals surface area (Å²) in [6, 6.07) is 9.50. The number of halogens is 2. The number of hydrogen-bond donors (Lipinski definition) is 1. The number of aryl methyl sites for hydroxylation is 3. The Balaban J connectivity index is 1.72. The average Bonchev–Trinajstić information content (AvgIpc) is 3.08. The standard InChI is InChI=1S/C18H17Cl2N5OS/c1-10-4-7-14(12(3)8-10)25-18(22-23-24-25)27-9-15(26)21-17-13(19)6-5-11(2)16(17)20/h4-8H,9H2,1-3H3,(H,21,26). The molecule has 0 unspecified atom stereocenters. The Morgan fingerprint density at radius 2 is 1.93 bits per heavy atom. The highest BCUT2D eigenvalue weighted by Crippen LogP contribution is 2.33. The maximum Gasteiger partial charge on any atom is 0.234 e. The normalized spacial score (nSPS) is 10.9. The molecule has 1 N–H and O–H groups in total. The summed E-state index contributed by atoms with van der Waals surface area (Å²) in [4.78, 5) is 12.4. The summed E-state index contributed by atoms with van der Waals surface area (Å²) in [5.74, 6) is -0.129. The smallest absolute Gasteiger partial charge is 0.234 e. The summed E-state index contributed by atoms with van der Waals surface area (Å²) >= 11 is 13.6. The number of carbonyl (C=O) groups is 1. The molecule has 0 fully saturated rings. The Labute approximate surface area is 171 Å². The van der Waals surface area contributed by atoms with E-state index >= 15 is 0 Å². The Hall–Kier alpha value is -2.09. The highest BCUT2D eigenvalue weighted by atomic mass is 35.5. The van der Waals surface area contributed by atoms with Crippen molar-refractivity contribution in [3.8, 4) is 5.69 Å². The zero-order chi connectivity index (χ0) is 19.6. The molecule has 0 spiro atoms. The van der Waals surface area contributed by atoms with Gasteiger partial charge in [-0.25, -0.2) is 0 Å². The Bertz CT molecular complexity index is 1010. The monoisotopic (exact) mass is 421 g/mol. The predicted molar refractivity (Wildman–Crippen MR) is 109 cm³/mol. The van der Waals surface area contributed by atoms with E-state index in [0.717, 1.165) is 22.4 Å². The van der Waals surface area contributed by atoms with E-state index in [-0.39, 0.29) is 11.7 Å². The van der Waals surface area contributed by atoms with Crippen molar-refractivity contribution in [3.05, 3.63) is 57.1 Å². The van der Waals surface area contributed by atoms with Gasteiger partial charge in [0, 0.05) is 0 Å². The van der Waals surface area contributed by atoms with Gasteiger partial charge in [-0.15, -0.1) is 5.10 Å². The molecule has 9 heteroatoms. The van der Waals surface area contributed by atoms with E-state index < -0.39 is 0 Å². The van der Waals surface area contributed by atoms with Crippen molar-refractivity contribution in [2.45, 2.75) is 25.9 Å². The lowest BCUT2D eigenvalue weighted by atomic mass is 10.1. The second kappa shape index (κ2) is 8.29. The first-order chi connectivity index (χ1) is 12.9. The number of nitrogens with one attached hydrogen (secondary N) is 1. The zero-order valence-electron chi connectivity index (χ0n) is 15.0. The van der Waals surface area contributed by atoms with E-state index in [2.05, 4.69) is 26.9 Å². The molecule has 0 aliphatic rings. The van der Waals surface area contributed by atoms with Crippen molar-refractivity contribution in [2.24, 2.45) is 0 Å². The van der Waals surface area contributed by atoms with Crippen LogP contribution in [-0.4, -0.2) is 31.9 Å². The van der Waals surface area contributed by atoms with Gasteiger partial charge < -0.3 is 5.32 Å². The van der Waals surface area contributed by atoms with Crippen molar-refractivity contribution in [3.63, 3.8) is 0 Å². The van der Waals surface area contributed by atoms with Gasteiger partial charge in [0.1, 0.15) is 0 Å². The quantitative estimate of drug-likeness (QED) is 0.608. The molecule has 0 aliphatic carbocycles. The summed E-state index contributed by atoms with van der Waals surface area (Å²) in [5, 5.41) is 15.9. The maximum absolute atomic E-state index is 12.4. The second-order valence-corrected chi connectivity index (χ2v) is 7.78. The number of aromatic nitrogens is 4. The molecule has 2 aromatic carbocycles. The fourth-order valence-electron chi connectivity index (χ4n) is 2.54. The summed E-state index contributed by atoms with van der Waals surface area (Å²) in [6.07, 6.45) is 0. The van der Waals surface area contributed by atoms with Crippen molar-refractivity contribution in [2.75, 3.05) is 11.1 Å². The van der Waals surface area contributed by atoms with Crippen molar-refractivity contribution in [1.29, 1.82) is 0 Å². The highest BCUT2D eigenvalue weighted by Gasteiger charge is 2.15. The Morgan fingerprint density at radius 1 is 1.15 bits per heavy atom. The lowest BCUT2D eigenvalue weighted by Gasteiger charge is -2.11. The fourth-order valence-corrected chi connectivity index (χ4v) is 3.69. The minimum atomic E-state index is -0.246. The molecule has 0 bridgehead atoms. The van der Waals surface area contributed by atoms with Crippen molar-refractivity contribution in [1.82, 2.24) is 20.2 Å². The fraction of sp³-hybridized carbons (Fsp3) is 0.222. The maximum atomic E-state index is 12.4. The second-order valence-electron chi connectivity index (χ2n) is 6.05.